The zero-order valence-electron chi connectivity index (χ0n) is 23.9. The number of hydrogen-bond donors (Lipinski definition) is 4. The van der Waals surface area contributed by atoms with Crippen LogP contribution in [0.1, 0.15) is 28.4 Å². The maximum Gasteiger partial charge on any atom is 0.162 e. The highest BCUT2D eigenvalue weighted by atomic mass is 32.2. The lowest BCUT2D eigenvalue weighted by atomic mass is 10.1. The Balaban J connectivity index is 1.07. The van der Waals surface area contributed by atoms with Crippen LogP contribution in [0.4, 0.5) is 0 Å². The van der Waals surface area contributed by atoms with Crippen LogP contribution in [0.2, 0.25) is 0 Å². The van der Waals surface area contributed by atoms with Crippen LogP contribution in [0.25, 0.3) is 11.1 Å². The number of aliphatic hydroxyl groups is 2. The van der Waals surface area contributed by atoms with E-state index in [9.17, 15) is 19.5 Å². The van der Waals surface area contributed by atoms with Gasteiger partial charge in [0.25, 0.3) is 0 Å². The van der Waals surface area contributed by atoms with Crippen molar-refractivity contribution in [2.75, 3.05) is 32.6 Å². The molecule has 4 N–H and O–H groups in total. The second-order valence-electron chi connectivity index (χ2n) is 10.4. The lowest BCUT2D eigenvalue weighted by molar-refractivity contribution is 0.00261. The maximum absolute atomic E-state index is 11.7. The topological polar surface area (TPSA) is 130 Å². The minimum absolute atomic E-state index is 0.0112. The van der Waals surface area contributed by atoms with Crippen molar-refractivity contribution in [2.45, 2.75) is 36.7 Å². The standard InChI is InChI=1S/C33H36N2O7S/c1-43(39)29-6-3-24(4-7-29)26-12-23(15-35-16-26)19-40-20-28-21-41-32-9-2-22(13-33(32)42-28)10-11-34-17-31(38)25-5-8-30(37)27(14-25)18-36/h2-9,12-16,28,31,34,36-38H,10-11,17-21H2,1H3/t28-,31+,43?/m1/s1. The Kier molecular flexibility index (Phi) is 10.4. The van der Waals surface area contributed by atoms with Crippen LogP contribution in [0.5, 0.6) is 17.2 Å². The molecular formula is C33H36N2O7S. The van der Waals surface area contributed by atoms with E-state index in [2.05, 4.69) is 10.3 Å². The van der Waals surface area contributed by atoms with Gasteiger partial charge >= 0.3 is 0 Å². The number of aromatic nitrogens is 1. The molecular weight excluding hydrogens is 568 g/mol. The Morgan fingerprint density at radius 2 is 1.86 bits per heavy atom. The van der Waals surface area contributed by atoms with Crippen LogP contribution in [0.3, 0.4) is 0 Å². The highest BCUT2D eigenvalue weighted by molar-refractivity contribution is 7.84. The number of hydrogen-bond acceptors (Lipinski definition) is 9. The SMILES string of the molecule is CS(=O)c1ccc(-c2cncc(COC[C@@H]3COc4ccc(CCNC[C@H](O)c5ccc(O)c(CO)c5)cc4O3)c2)cc1. The van der Waals surface area contributed by atoms with Crippen LogP contribution in [0, 0.1) is 0 Å². The summed E-state index contributed by atoms with van der Waals surface area (Å²) in [6.07, 6.45) is 4.97. The van der Waals surface area contributed by atoms with Gasteiger partial charge in [0.15, 0.2) is 17.6 Å². The van der Waals surface area contributed by atoms with Crippen molar-refractivity contribution in [3.63, 3.8) is 0 Å². The molecule has 226 valence electrons. The molecule has 0 spiro atoms. The molecule has 1 unspecified atom stereocenters. The Bertz CT molecular complexity index is 1550. The van der Waals surface area contributed by atoms with Crippen molar-refractivity contribution in [2.24, 2.45) is 0 Å². The molecule has 2 heterocycles. The molecule has 10 heteroatoms. The Morgan fingerprint density at radius 3 is 2.65 bits per heavy atom. The summed E-state index contributed by atoms with van der Waals surface area (Å²) in [5.41, 5.74) is 5.00. The zero-order chi connectivity index (χ0) is 30.2. The number of pyridine rings is 1. The summed E-state index contributed by atoms with van der Waals surface area (Å²) in [6, 6.07) is 20.3. The van der Waals surface area contributed by atoms with Gasteiger partial charge in [-0.3, -0.25) is 9.19 Å². The number of aromatic hydroxyl groups is 1. The number of ether oxygens (including phenoxy) is 3. The fraction of sp³-hybridized carbons (Fsp3) is 0.303. The van der Waals surface area contributed by atoms with Crippen LogP contribution >= 0.6 is 0 Å². The molecule has 4 aromatic rings. The smallest absolute Gasteiger partial charge is 0.162 e. The fourth-order valence-corrected chi connectivity index (χ4v) is 5.32. The fourth-order valence-electron chi connectivity index (χ4n) is 4.80. The third-order valence-electron chi connectivity index (χ3n) is 7.20. The number of nitrogens with zero attached hydrogens (tertiary/aromatic N) is 1. The zero-order valence-corrected chi connectivity index (χ0v) is 24.8. The summed E-state index contributed by atoms with van der Waals surface area (Å²) in [5.74, 6) is 1.39. The van der Waals surface area contributed by atoms with Crippen molar-refractivity contribution < 1.29 is 33.7 Å². The lowest BCUT2D eigenvalue weighted by Crippen LogP contribution is -2.33. The molecule has 0 fully saturated rings. The first-order valence-corrected chi connectivity index (χ1v) is 15.6. The van der Waals surface area contributed by atoms with Gasteiger partial charge < -0.3 is 34.8 Å². The van der Waals surface area contributed by atoms with Gasteiger partial charge in [0, 0.05) is 52.0 Å². The number of aliphatic hydroxyl groups excluding tert-OH is 2. The molecule has 3 aromatic carbocycles. The van der Waals surface area contributed by atoms with E-state index in [-0.39, 0.29) is 18.5 Å². The first-order valence-electron chi connectivity index (χ1n) is 14.1. The number of nitrogens with one attached hydrogen (secondary N) is 1. The first kappa shape index (κ1) is 30.7. The van der Waals surface area contributed by atoms with Gasteiger partial charge in [-0.2, -0.15) is 0 Å². The van der Waals surface area contributed by atoms with E-state index in [1.165, 1.54) is 6.07 Å². The molecule has 3 atom stereocenters. The van der Waals surface area contributed by atoms with Crippen molar-refractivity contribution in [3.05, 3.63) is 101 Å². The highest BCUT2D eigenvalue weighted by Crippen LogP contribution is 2.33. The molecule has 1 aliphatic heterocycles. The van der Waals surface area contributed by atoms with Gasteiger partial charge in [-0.25, -0.2) is 0 Å². The van der Waals surface area contributed by atoms with E-state index in [1.807, 2.05) is 48.5 Å². The van der Waals surface area contributed by atoms with Gasteiger partial charge in [-0.05, 0) is 77.7 Å². The lowest BCUT2D eigenvalue weighted by Gasteiger charge is -2.27. The van der Waals surface area contributed by atoms with Gasteiger partial charge in [-0.1, -0.05) is 24.3 Å². The summed E-state index contributed by atoms with van der Waals surface area (Å²) >= 11 is 0. The minimum Gasteiger partial charge on any atom is -0.508 e. The molecule has 1 aliphatic rings. The third kappa shape index (κ3) is 8.19. The summed E-state index contributed by atoms with van der Waals surface area (Å²) < 4.78 is 29.7. The molecule has 0 amide bonds. The van der Waals surface area contributed by atoms with Gasteiger partial charge in [0.2, 0.25) is 0 Å². The van der Waals surface area contributed by atoms with Gasteiger partial charge in [0.1, 0.15) is 12.4 Å². The average molecular weight is 605 g/mol. The first-order chi connectivity index (χ1) is 20.9. The van der Waals surface area contributed by atoms with Crippen LogP contribution < -0.4 is 14.8 Å². The van der Waals surface area contributed by atoms with Crippen LogP contribution in [-0.2, 0) is 35.2 Å². The van der Waals surface area contributed by atoms with Crippen molar-refractivity contribution in [3.8, 4) is 28.4 Å². The van der Waals surface area contributed by atoms with Crippen LogP contribution in [0.15, 0.2) is 84.0 Å². The molecule has 0 bridgehead atoms. The average Bonchev–Trinajstić information content (AvgIpc) is 3.03. The summed E-state index contributed by atoms with van der Waals surface area (Å²) in [5, 5.41) is 32.8. The largest absolute Gasteiger partial charge is 0.508 e. The predicted molar refractivity (Wildman–Crippen MR) is 164 cm³/mol. The third-order valence-corrected chi connectivity index (χ3v) is 8.14. The molecule has 9 nitrogen and oxygen atoms in total. The maximum atomic E-state index is 11.7. The van der Waals surface area contributed by atoms with E-state index >= 15 is 0 Å². The second kappa shape index (κ2) is 14.6. The van der Waals surface area contributed by atoms with Crippen LogP contribution in [-0.4, -0.2) is 63.2 Å². The minimum atomic E-state index is -1.01. The number of benzene rings is 3. The molecule has 43 heavy (non-hydrogen) atoms. The molecule has 0 aliphatic carbocycles. The summed E-state index contributed by atoms with van der Waals surface area (Å²) in [6.45, 7) is 1.83. The van der Waals surface area contributed by atoms with E-state index < -0.39 is 16.9 Å². The Morgan fingerprint density at radius 1 is 1.02 bits per heavy atom. The van der Waals surface area contributed by atoms with Gasteiger partial charge in [-0.15, -0.1) is 0 Å². The Hall–Kier alpha value is -3.80. The van der Waals surface area contributed by atoms with E-state index in [0.29, 0.717) is 55.5 Å². The van der Waals surface area contributed by atoms with E-state index in [1.54, 1.807) is 30.8 Å². The second-order valence-corrected chi connectivity index (χ2v) is 11.8. The van der Waals surface area contributed by atoms with Gasteiger partial charge in [0.05, 0.1) is 25.9 Å². The molecule has 5 rings (SSSR count). The normalized spacial score (nSPS) is 15.7. The molecule has 0 radical (unpaired) electrons. The van der Waals surface area contributed by atoms with Crippen molar-refractivity contribution in [1.29, 1.82) is 0 Å². The monoisotopic (exact) mass is 604 g/mol. The molecule has 1 aromatic heterocycles. The highest BCUT2D eigenvalue weighted by Gasteiger charge is 2.22. The Labute approximate surface area is 253 Å². The summed E-state index contributed by atoms with van der Waals surface area (Å²) in [7, 11) is -1.01. The van der Waals surface area contributed by atoms with Crippen molar-refractivity contribution in [1.82, 2.24) is 10.3 Å². The number of phenols is 1. The summed E-state index contributed by atoms with van der Waals surface area (Å²) in [4.78, 5) is 5.14. The predicted octanol–water partition coefficient (Wildman–Crippen LogP) is 3.91. The number of rotatable bonds is 13. The van der Waals surface area contributed by atoms with Crippen molar-refractivity contribution >= 4 is 10.8 Å². The quantitative estimate of drug-likeness (QED) is 0.168. The van der Waals surface area contributed by atoms with E-state index in [4.69, 9.17) is 14.2 Å². The molecule has 0 saturated carbocycles. The number of fused-ring (bicyclic) bond motifs is 1. The van der Waals surface area contributed by atoms with E-state index in [0.717, 1.165) is 33.6 Å². The molecule has 0 saturated heterocycles.